The second kappa shape index (κ2) is 66.5. The lowest BCUT2D eigenvalue weighted by Gasteiger charge is -2.50. The van der Waals surface area contributed by atoms with Crippen LogP contribution < -0.4 is 0 Å². The number of hydrogen-bond acceptors (Lipinski definition) is 24. The summed E-state index contributed by atoms with van der Waals surface area (Å²) in [5, 5.41) is 102. The van der Waals surface area contributed by atoms with Crippen molar-refractivity contribution in [1.29, 1.82) is 0 Å². The zero-order chi connectivity index (χ0) is 82.5. The number of carbonyl (C=O) groups is 4. The Balaban J connectivity index is 1.94. The minimum atomic E-state index is -5.81. The van der Waals surface area contributed by atoms with Gasteiger partial charge in [-0.15, -0.1) is 0 Å². The molecular formula is C87H157O25P. The monoisotopic (exact) mass is 1630 g/mol. The summed E-state index contributed by atoms with van der Waals surface area (Å²) in [7, 11) is -5.81. The van der Waals surface area contributed by atoms with Gasteiger partial charge in [0, 0.05) is 25.7 Å². The van der Waals surface area contributed by atoms with Crippen molar-refractivity contribution in [2.24, 2.45) is 0 Å². The van der Waals surface area contributed by atoms with E-state index in [9.17, 15) is 74.6 Å². The predicted molar refractivity (Wildman–Crippen MR) is 435 cm³/mol. The van der Waals surface area contributed by atoms with Crippen molar-refractivity contribution in [3.05, 3.63) is 36.5 Å². The van der Waals surface area contributed by atoms with Crippen molar-refractivity contribution >= 4 is 31.7 Å². The van der Waals surface area contributed by atoms with Crippen LogP contribution in [0.2, 0.25) is 0 Å². The van der Waals surface area contributed by atoms with Crippen LogP contribution in [0.3, 0.4) is 0 Å². The van der Waals surface area contributed by atoms with Crippen LogP contribution in [0.4, 0.5) is 0 Å². The van der Waals surface area contributed by atoms with Gasteiger partial charge in [0.05, 0.1) is 13.2 Å². The van der Waals surface area contributed by atoms with E-state index in [4.69, 9.17) is 46.9 Å². The molecule has 3 rings (SSSR count). The maximum absolute atomic E-state index is 14.9. The van der Waals surface area contributed by atoms with Crippen molar-refractivity contribution in [1.82, 2.24) is 0 Å². The van der Waals surface area contributed by atoms with Crippen molar-refractivity contribution in [3.8, 4) is 0 Å². The molecule has 0 amide bonds. The van der Waals surface area contributed by atoms with Crippen LogP contribution in [0, 0.1) is 0 Å². The Hall–Kier alpha value is -3.31. The lowest BCUT2D eigenvalue weighted by atomic mass is 9.84. The summed E-state index contributed by atoms with van der Waals surface area (Å²) in [5.41, 5.74) is 0. The third-order valence-corrected chi connectivity index (χ3v) is 22.6. The Kier molecular flexibility index (Phi) is 61.1. The average Bonchev–Trinajstić information content (AvgIpc) is 0.754. The molecular weight excluding hydrogens is 1480 g/mol. The van der Waals surface area contributed by atoms with Gasteiger partial charge in [-0.25, -0.2) is 4.57 Å². The smallest absolute Gasteiger partial charge is 0.463 e. The average molecular weight is 1630 g/mol. The zero-order valence-electron chi connectivity index (χ0n) is 69.9. The number of allylic oxidation sites excluding steroid dienone is 6. The van der Waals surface area contributed by atoms with Crippen LogP contribution in [0.15, 0.2) is 36.5 Å². The summed E-state index contributed by atoms with van der Waals surface area (Å²) < 4.78 is 73.2. The number of aliphatic hydroxyl groups excluding tert-OH is 9. The molecule has 660 valence electrons. The summed E-state index contributed by atoms with van der Waals surface area (Å²) in [5.74, 6) is -3.01. The Labute approximate surface area is 678 Å². The largest absolute Gasteiger partial charge is 0.472 e. The molecule has 1 aliphatic carbocycles. The van der Waals surface area contributed by atoms with E-state index in [2.05, 4.69) is 64.2 Å². The standard InChI is InChI=1S/C87H157O25P/c1-5-9-13-17-21-25-29-33-34-38-40-43-47-51-55-59-70(89)103-64-67(106-72(91)61-57-53-49-45-41-36-31-27-23-19-15-11-7-3)65-105-113(101,102)112-85-83(110-86-80(99)76(95)74(93)68(63-88)107-86)79(98)78(97)82(109-73(92)62-58-54-50-46-42-37-32-28-24-20-16-12-8-4)84(85)111-87-81(100)77(96)75(94)69(108-87)66-104-71(90)60-56-52-48-44-39-35-30-26-22-18-14-10-6-2/h25,29,35,37,39,42,67-69,74-88,93-100H,5-24,26-28,30-34,36,38,40-41,43-66H2,1-4H3,(H,101,102)/b29-25-,39-35-,42-37-. The molecule has 18 unspecified atom stereocenters. The number of aliphatic hydroxyl groups is 9. The molecule has 1 saturated carbocycles. The van der Waals surface area contributed by atoms with Gasteiger partial charge >= 0.3 is 31.7 Å². The third kappa shape index (κ3) is 47.3. The van der Waals surface area contributed by atoms with Crippen molar-refractivity contribution in [3.63, 3.8) is 0 Å². The van der Waals surface area contributed by atoms with Gasteiger partial charge in [0.2, 0.25) is 0 Å². The van der Waals surface area contributed by atoms with Gasteiger partial charge in [-0.3, -0.25) is 28.2 Å². The fourth-order valence-electron chi connectivity index (χ4n) is 14.4. The van der Waals surface area contributed by atoms with Gasteiger partial charge in [0.15, 0.2) is 24.8 Å². The zero-order valence-corrected chi connectivity index (χ0v) is 70.8. The Bertz CT molecular complexity index is 2510. The highest BCUT2D eigenvalue weighted by Crippen LogP contribution is 2.49. The third-order valence-electron chi connectivity index (χ3n) is 21.6. The van der Waals surface area contributed by atoms with E-state index in [0.717, 1.165) is 135 Å². The number of hydrogen-bond donors (Lipinski definition) is 10. The van der Waals surface area contributed by atoms with Gasteiger partial charge in [-0.05, 0) is 103 Å². The second-order valence-corrected chi connectivity index (χ2v) is 33.1. The number of phosphoric acid groups is 1. The molecule has 2 aliphatic heterocycles. The topological polar surface area (TPSA) is 380 Å². The van der Waals surface area contributed by atoms with E-state index in [0.29, 0.717) is 38.5 Å². The van der Waals surface area contributed by atoms with Gasteiger partial charge in [-0.2, -0.15) is 0 Å². The van der Waals surface area contributed by atoms with Crippen LogP contribution >= 0.6 is 7.82 Å². The van der Waals surface area contributed by atoms with Gasteiger partial charge < -0.3 is 88.7 Å². The Morgan fingerprint density at radius 1 is 0.345 bits per heavy atom. The summed E-state index contributed by atoms with van der Waals surface area (Å²) in [4.78, 5) is 66.2. The number of esters is 4. The predicted octanol–water partition coefficient (Wildman–Crippen LogP) is 15.5. The summed E-state index contributed by atoms with van der Waals surface area (Å²) in [6.07, 6.45) is 26.0. The maximum Gasteiger partial charge on any atom is 0.472 e. The number of carbonyl (C=O) groups excluding carboxylic acids is 4. The molecule has 0 aromatic heterocycles. The van der Waals surface area contributed by atoms with Gasteiger partial charge in [0.25, 0.3) is 0 Å². The summed E-state index contributed by atoms with van der Waals surface area (Å²) in [6, 6.07) is 0. The summed E-state index contributed by atoms with van der Waals surface area (Å²) >= 11 is 0. The first-order valence-corrected chi connectivity index (χ1v) is 46.2. The van der Waals surface area contributed by atoms with E-state index >= 15 is 0 Å². The van der Waals surface area contributed by atoms with Crippen molar-refractivity contribution in [2.45, 2.75) is 466 Å². The SMILES string of the molecule is CCCCCC/C=C\CCCCCCCCCC(=O)OCC(COP(=O)(O)OC1C(OC2OC(CO)C(O)C(O)C2O)C(O)C(O)C(OC(=O)CCCCC/C=C\CCCCCCCC)C1OC1OC(COC(=O)CCCCC/C=C\CCCCCCCC)C(O)C(O)C1O)OC(=O)CCCCCCCCCCCCCCC. The fraction of sp³-hybridized carbons (Fsp3) is 0.885. The molecule has 25 nitrogen and oxygen atoms in total. The van der Waals surface area contributed by atoms with Crippen LogP contribution in [0.1, 0.15) is 362 Å². The van der Waals surface area contributed by atoms with Crippen LogP contribution in [-0.4, -0.2) is 205 Å². The molecule has 0 bridgehead atoms. The highest BCUT2D eigenvalue weighted by Gasteiger charge is 2.60. The highest BCUT2D eigenvalue weighted by molar-refractivity contribution is 7.47. The fourth-order valence-corrected chi connectivity index (χ4v) is 15.4. The number of ether oxygens (including phenoxy) is 8. The molecule has 2 saturated heterocycles. The first-order chi connectivity index (χ1) is 54.7. The quantitative estimate of drug-likeness (QED) is 0.00889. The molecule has 0 aromatic rings. The van der Waals surface area contributed by atoms with E-state index in [-0.39, 0.29) is 32.1 Å². The Morgan fingerprint density at radius 3 is 1.07 bits per heavy atom. The van der Waals surface area contributed by atoms with Crippen LogP contribution in [0.25, 0.3) is 0 Å². The first kappa shape index (κ1) is 104. The highest BCUT2D eigenvalue weighted by atomic mass is 31.2. The minimum absolute atomic E-state index is 0.00852. The molecule has 0 spiro atoms. The molecule has 0 aromatic carbocycles. The lowest BCUT2D eigenvalue weighted by molar-refractivity contribution is -0.360. The Morgan fingerprint density at radius 2 is 0.664 bits per heavy atom. The summed E-state index contributed by atoms with van der Waals surface area (Å²) in [6.45, 7) is 5.51. The first-order valence-electron chi connectivity index (χ1n) is 44.7. The minimum Gasteiger partial charge on any atom is -0.463 e. The number of unbranched alkanes of at least 4 members (excludes halogenated alkanes) is 41. The van der Waals surface area contributed by atoms with Crippen LogP contribution in [-0.2, 0) is 70.7 Å². The number of rotatable bonds is 71. The normalized spacial score (nSPS) is 25.6. The van der Waals surface area contributed by atoms with Gasteiger partial charge in [0.1, 0.15) is 92.6 Å². The van der Waals surface area contributed by atoms with Crippen LogP contribution in [0.5, 0.6) is 0 Å². The van der Waals surface area contributed by atoms with Crippen molar-refractivity contribution < 1.29 is 122 Å². The molecule has 113 heavy (non-hydrogen) atoms. The van der Waals surface area contributed by atoms with E-state index < -0.39 is 162 Å². The van der Waals surface area contributed by atoms with E-state index in [1.165, 1.54) is 128 Å². The molecule has 3 aliphatic rings. The number of phosphoric ester groups is 1. The van der Waals surface area contributed by atoms with Gasteiger partial charge in [-0.1, -0.05) is 270 Å². The second-order valence-electron chi connectivity index (χ2n) is 31.7. The lowest BCUT2D eigenvalue weighted by Crippen LogP contribution is -2.70. The molecule has 2 heterocycles. The molecule has 0 radical (unpaired) electrons. The van der Waals surface area contributed by atoms with E-state index in [1.54, 1.807) is 0 Å². The molecule has 3 fully saturated rings. The molecule has 10 N–H and O–H groups in total. The molecule has 18 atom stereocenters. The van der Waals surface area contributed by atoms with E-state index in [1.807, 2.05) is 0 Å². The maximum atomic E-state index is 14.9. The molecule has 26 heteroatoms. The van der Waals surface area contributed by atoms with Crippen molar-refractivity contribution in [2.75, 3.05) is 26.4 Å².